The lowest BCUT2D eigenvalue weighted by atomic mass is 9.76. The number of aryl methyl sites for hydroxylation is 1. The van der Waals surface area contributed by atoms with Crippen molar-refractivity contribution in [2.75, 3.05) is 19.7 Å². The number of pyridine rings is 1. The van der Waals surface area contributed by atoms with Crippen LogP contribution >= 0.6 is 11.6 Å². The average molecular weight is 402 g/mol. The van der Waals surface area contributed by atoms with Gasteiger partial charge in [0.25, 0.3) is 5.91 Å². The topological polar surface area (TPSA) is 85.5 Å². The maximum absolute atomic E-state index is 12.8. The van der Waals surface area contributed by atoms with E-state index in [9.17, 15) is 9.59 Å². The molecule has 1 aromatic carbocycles. The number of halogens is 1. The van der Waals surface area contributed by atoms with Crippen molar-refractivity contribution in [1.29, 1.82) is 0 Å². The van der Waals surface area contributed by atoms with Crippen LogP contribution in [-0.4, -0.2) is 41.4 Å². The Morgan fingerprint density at radius 3 is 2.64 bits per heavy atom. The van der Waals surface area contributed by atoms with Gasteiger partial charge in [0.1, 0.15) is 11.4 Å². The molecule has 2 N–H and O–H groups in total. The number of primary amides is 1. The maximum atomic E-state index is 12.8. The van der Waals surface area contributed by atoms with Gasteiger partial charge in [-0.25, -0.2) is 0 Å². The first kappa shape index (κ1) is 20.1. The molecule has 1 aliphatic heterocycles. The second kappa shape index (κ2) is 8.61. The van der Waals surface area contributed by atoms with E-state index in [-0.39, 0.29) is 18.2 Å². The van der Waals surface area contributed by atoms with E-state index in [1.165, 1.54) is 0 Å². The number of aromatic nitrogens is 1. The van der Waals surface area contributed by atoms with E-state index in [0.717, 1.165) is 5.56 Å². The van der Waals surface area contributed by atoms with Gasteiger partial charge in [-0.1, -0.05) is 23.7 Å². The molecule has 1 aromatic heterocycles. The van der Waals surface area contributed by atoms with Gasteiger partial charge < -0.3 is 15.4 Å². The summed E-state index contributed by atoms with van der Waals surface area (Å²) in [6, 6.07) is 10.8. The minimum atomic E-state index is -0.399. The summed E-state index contributed by atoms with van der Waals surface area (Å²) in [5, 5.41) is 0.590. The molecule has 1 saturated heterocycles. The third-order valence-corrected chi connectivity index (χ3v) is 5.45. The lowest BCUT2D eigenvalue weighted by molar-refractivity contribution is -0.121. The van der Waals surface area contributed by atoms with Crippen LogP contribution in [0, 0.1) is 12.3 Å². The number of amides is 2. The molecule has 2 amide bonds. The van der Waals surface area contributed by atoms with Crippen molar-refractivity contribution in [3.63, 3.8) is 0 Å². The van der Waals surface area contributed by atoms with Gasteiger partial charge in [0.05, 0.1) is 6.61 Å². The fourth-order valence-electron chi connectivity index (χ4n) is 3.58. The van der Waals surface area contributed by atoms with Gasteiger partial charge in [0, 0.05) is 36.1 Å². The average Bonchev–Trinajstić information content (AvgIpc) is 2.67. The molecule has 0 spiro atoms. The number of hydrogen-bond acceptors (Lipinski definition) is 4. The van der Waals surface area contributed by atoms with Crippen molar-refractivity contribution in [3.05, 3.63) is 58.9 Å². The minimum absolute atomic E-state index is 0.0819. The Kier molecular flexibility index (Phi) is 6.19. The molecule has 1 fully saturated rings. The number of nitrogens with zero attached hydrogens (tertiary/aromatic N) is 2. The summed E-state index contributed by atoms with van der Waals surface area (Å²) in [7, 11) is 0. The smallest absolute Gasteiger partial charge is 0.272 e. The zero-order chi connectivity index (χ0) is 20.1. The van der Waals surface area contributed by atoms with Crippen LogP contribution in [0.25, 0.3) is 0 Å². The van der Waals surface area contributed by atoms with Crippen LogP contribution in [-0.2, 0) is 4.79 Å². The molecule has 1 aliphatic rings. The third-order valence-electron chi connectivity index (χ3n) is 5.21. The van der Waals surface area contributed by atoms with Crippen LogP contribution in [0.1, 0.15) is 35.3 Å². The molecule has 0 saturated carbocycles. The van der Waals surface area contributed by atoms with Crippen molar-refractivity contribution in [2.45, 2.75) is 26.2 Å². The molecular formula is C21H24ClN3O3. The van der Waals surface area contributed by atoms with Gasteiger partial charge >= 0.3 is 0 Å². The maximum Gasteiger partial charge on any atom is 0.272 e. The first-order valence-electron chi connectivity index (χ1n) is 9.26. The summed E-state index contributed by atoms with van der Waals surface area (Å²) in [4.78, 5) is 30.5. The highest BCUT2D eigenvalue weighted by molar-refractivity contribution is 6.30. The fraction of sp³-hybridized carbons (Fsp3) is 0.381. The highest BCUT2D eigenvalue weighted by Crippen LogP contribution is 2.36. The Morgan fingerprint density at radius 1 is 1.25 bits per heavy atom. The van der Waals surface area contributed by atoms with Gasteiger partial charge in [-0.2, -0.15) is 0 Å². The van der Waals surface area contributed by atoms with Crippen molar-refractivity contribution >= 4 is 23.4 Å². The molecule has 7 heteroatoms. The normalized spacial score (nSPS) is 15.9. The molecule has 148 valence electrons. The van der Waals surface area contributed by atoms with E-state index in [4.69, 9.17) is 22.1 Å². The largest absolute Gasteiger partial charge is 0.493 e. The predicted molar refractivity (Wildman–Crippen MR) is 107 cm³/mol. The van der Waals surface area contributed by atoms with Gasteiger partial charge in [-0.3, -0.25) is 14.6 Å². The number of carbonyl (C=O) groups is 2. The van der Waals surface area contributed by atoms with E-state index in [2.05, 4.69) is 4.98 Å². The van der Waals surface area contributed by atoms with Crippen LogP contribution in [0.3, 0.4) is 0 Å². The van der Waals surface area contributed by atoms with Crippen LogP contribution in [0.5, 0.6) is 5.75 Å². The lowest BCUT2D eigenvalue weighted by Gasteiger charge is -2.41. The van der Waals surface area contributed by atoms with E-state index >= 15 is 0 Å². The van der Waals surface area contributed by atoms with E-state index in [1.54, 1.807) is 23.2 Å². The lowest BCUT2D eigenvalue weighted by Crippen LogP contribution is -2.47. The van der Waals surface area contributed by atoms with E-state index in [0.29, 0.717) is 49.0 Å². The number of piperidine rings is 1. The summed E-state index contributed by atoms with van der Waals surface area (Å²) in [5.74, 6) is 0.204. The quantitative estimate of drug-likeness (QED) is 0.805. The summed E-state index contributed by atoms with van der Waals surface area (Å²) in [5.41, 5.74) is 6.43. The van der Waals surface area contributed by atoms with Crippen LogP contribution in [0.4, 0.5) is 0 Å². The summed E-state index contributed by atoms with van der Waals surface area (Å²) >= 11 is 6.01. The zero-order valence-electron chi connectivity index (χ0n) is 15.9. The van der Waals surface area contributed by atoms with Gasteiger partial charge in [-0.15, -0.1) is 0 Å². The summed E-state index contributed by atoms with van der Waals surface area (Å²) in [6.07, 6.45) is 3.11. The number of carbonyl (C=O) groups excluding carboxylic acids is 2. The molecule has 2 aromatic rings. The number of rotatable bonds is 6. The molecule has 2 heterocycles. The summed E-state index contributed by atoms with van der Waals surface area (Å²) < 4.78 is 5.92. The fourth-order valence-corrected chi connectivity index (χ4v) is 3.76. The van der Waals surface area contributed by atoms with Crippen LogP contribution in [0.15, 0.2) is 42.6 Å². The number of ether oxygens (including phenoxy) is 1. The number of benzene rings is 1. The first-order chi connectivity index (χ1) is 13.4. The standard InChI is InChI=1S/C21H24ClN3O3/c1-15-4-3-9-24-19(15)20(27)25-10-7-21(8-11-25,13-18(23)26)14-28-17-6-2-5-16(22)12-17/h2-6,9,12H,7-8,10-11,13-14H2,1H3,(H2,23,26). The second-order valence-electron chi connectivity index (χ2n) is 7.35. The Hall–Kier alpha value is -2.60. The van der Waals surface area contributed by atoms with Crippen molar-refractivity contribution in [1.82, 2.24) is 9.88 Å². The molecule has 0 aliphatic carbocycles. The van der Waals surface area contributed by atoms with Gasteiger partial charge in [-0.05, 0) is 49.6 Å². The molecule has 0 radical (unpaired) electrons. The predicted octanol–water partition coefficient (Wildman–Crippen LogP) is 3.22. The van der Waals surface area contributed by atoms with E-state index < -0.39 is 5.41 Å². The molecule has 0 atom stereocenters. The Morgan fingerprint density at radius 2 is 2.00 bits per heavy atom. The monoisotopic (exact) mass is 401 g/mol. The van der Waals surface area contributed by atoms with Crippen molar-refractivity contribution in [2.24, 2.45) is 11.1 Å². The third kappa shape index (κ3) is 4.81. The molecular weight excluding hydrogens is 378 g/mol. The number of nitrogens with two attached hydrogens (primary N) is 1. The zero-order valence-corrected chi connectivity index (χ0v) is 16.6. The summed E-state index contributed by atoms with van der Waals surface area (Å²) in [6.45, 7) is 3.28. The molecule has 0 unspecified atom stereocenters. The molecule has 28 heavy (non-hydrogen) atoms. The first-order valence-corrected chi connectivity index (χ1v) is 9.64. The Balaban J connectivity index is 1.68. The molecule has 3 rings (SSSR count). The van der Waals surface area contributed by atoms with Crippen molar-refractivity contribution in [3.8, 4) is 5.75 Å². The van der Waals surface area contributed by atoms with Crippen LogP contribution < -0.4 is 10.5 Å². The molecule has 0 bridgehead atoms. The Bertz CT molecular complexity index is 863. The number of hydrogen-bond donors (Lipinski definition) is 1. The van der Waals surface area contributed by atoms with E-state index in [1.807, 2.05) is 31.2 Å². The molecule has 6 nitrogen and oxygen atoms in total. The number of likely N-dealkylation sites (tertiary alicyclic amines) is 1. The highest BCUT2D eigenvalue weighted by Gasteiger charge is 2.38. The Labute approximate surface area is 169 Å². The highest BCUT2D eigenvalue weighted by atomic mass is 35.5. The second-order valence-corrected chi connectivity index (χ2v) is 7.79. The van der Waals surface area contributed by atoms with Gasteiger partial charge in [0.2, 0.25) is 5.91 Å². The van der Waals surface area contributed by atoms with Crippen LogP contribution in [0.2, 0.25) is 5.02 Å². The van der Waals surface area contributed by atoms with Crippen molar-refractivity contribution < 1.29 is 14.3 Å². The minimum Gasteiger partial charge on any atom is -0.493 e. The van der Waals surface area contributed by atoms with Gasteiger partial charge in [0.15, 0.2) is 0 Å². The SMILES string of the molecule is Cc1cccnc1C(=O)N1CCC(COc2cccc(Cl)c2)(CC(N)=O)CC1.